The molecular weight excluding hydrogens is 245 g/mol. The van der Waals surface area contributed by atoms with Crippen molar-refractivity contribution in [2.45, 2.75) is 19.4 Å². The highest BCUT2D eigenvalue weighted by atomic mass is 19.1. The lowest BCUT2D eigenvalue weighted by molar-refractivity contribution is 0.492. The largest absolute Gasteiger partial charge is 0.319 e. The minimum atomic E-state index is -0.566. The Morgan fingerprint density at radius 3 is 2.26 bits per heavy atom. The molecule has 0 fully saturated rings. The number of benzene rings is 1. The van der Waals surface area contributed by atoms with Gasteiger partial charge in [0.2, 0.25) is 5.95 Å². The Morgan fingerprint density at radius 1 is 1.21 bits per heavy atom. The minimum absolute atomic E-state index is 0.265. The third-order valence-corrected chi connectivity index (χ3v) is 2.94. The van der Waals surface area contributed by atoms with Gasteiger partial charge in [0.15, 0.2) is 5.82 Å². The summed E-state index contributed by atoms with van der Waals surface area (Å²) >= 11 is 0. The van der Waals surface area contributed by atoms with Crippen LogP contribution in [0, 0.1) is 5.82 Å². The van der Waals surface area contributed by atoms with E-state index in [1.54, 1.807) is 12.1 Å². The van der Waals surface area contributed by atoms with Crippen molar-refractivity contribution in [2.75, 3.05) is 11.9 Å². The fraction of sp³-hybridized carbons (Fsp3) is 0.385. The fourth-order valence-corrected chi connectivity index (χ4v) is 1.95. The predicted molar refractivity (Wildman–Crippen MR) is 72.7 cm³/mol. The summed E-state index contributed by atoms with van der Waals surface area (Å²) in [6, 6.07) is 6.21. The van der Waals surface area contributed by atoms with E-state index in [9.17, 15) is 4.39 Å². The van der Waals surface area contributed by atoms with Gasteiger partial charge in [0.25, 0.3) is 0 Å². The molecule has 0 spiro atoms. The van der Waals surface area contributed by atoms with Gasteiger partial charge in [-0.25, -0.2) is 4.39 Å². The Morgan fingerprint density at radius 2 is 1.79 bits per heavy atom. The van der Waals surface area contributed by atoms with E-state index in [0.717, 1.165) is 5.69 Å². The molecule has 0 radical (unpaired) electrons. The average molecular weight is 263 g/mol. The van der Waals surface area contributed by atoms with E-state index in [1.807, 2.05) is 37.4 Å². The van der Waals surface area contributed by atoms with Gasteiger partial charge in [0.1, 0.15) is 5.82 Å². The van der Waals surface area contributed by atoms with E-state index in [0.29, 0.717) is 11.8 Å². The zero-order valence-electron chi connectivity index (χ0n) is 11.6. The highest BCUT2D eigenvalue weighted by Crippen LogP contribution is 2.24. The summed E-state index contributed by atoms with van der Waals surface area (Å²) in [4.78, 5) is 1.84. The maximum atomic E-state index is 12.9. The van der Waals surface area contributed by atoms with E-state index < -0.39 is 5.54 Å². The second kappa shape index (κ2) is 4.62. The summed E-state index contributed by atoms with van der Waals surface area (Å²) in [5.41, 5.74) is 6.30. The molecule has 1 aromatic heterocycles. The number of anilines is 2. The van der Waals surface area contributed by atoms with Crippen LogP contribution in [0.3, 0.4) is 0 Å². The normalized spacial score (nSPS) is 11.7. The molecule has 19 heavy (non-hydrogen) atoms. The summed E-state index contributed by atoms with van der Waals surface area (Å²) < 4.78 is 14.8. The molecule has 0 atom stereocenters. The maximum absolute atomic E-state index is 12.9. The minimum Gasteiger partial charge on any atom is -0.319 e. The third kappa shape index (κ3) is 2.58. The van der Waals surface area contributed by atoms with Gasteiger partial charge >= 0.3 is 0 Å². The first-order chi connectivity index (χ1) is 8.80. The molecule has 2 rings (SSSR count). The lowest BCUT2D eigenvalue weighted by atomic mass is 10.1. The number of hydrogen-bond acceptors (Lipinski definition) is 4. The van der Waals surface area contributed by atoms with Gasteiger partial charge in [-0.15, -0.1) is 10.2 Å². The Kier molecular flexibility index (Phi) is 3.28. The number of rotatable bonds is 3. The standard InChI is InChI=1S/C13H18FN5/c1-13(2,15)11-16-17-12(19(11)4)18(3)10-7-5-9(14)6-8-10/h5-8H,15H2,1-4H3. The number of halogens is 1. The fourth-order valence-electron chi connectivity index (χ4n) is 1.95. The number of nitrogens with zero attached hydrogens (tertiary/aromatic N) is 4. The molecular formula is C13H18FN5. The second-order valence-corrected chi connectivity index (χ2v) is 5.14. The van der Waals surface area contributed by atoms with Crippen molar-refractivity contribution in [2.24, 2.45) is 12.8 Å². The average Bonchev–Trinajstić information content (AvgIpc) is 2.71. The Balaban J connectivity index is 2.37. The van der Waals surface area contributed by atoms with Crippen molar-refractivity contribution in [1.29, 1.82) is 0 Å². The molecule has 1 heterocycles. The first-order valence-corrected chi connectivity index (χ1v) is 5.99. The first kappa shape index (κ1) is 13.5. The summed E-state index contributed by atoms with van der Waals surface area (Å²) in [6.07, 6.45) is 0. The topological polar surface area (TPSA) is 60.0 Å². The molecule has 5 nitrogen and oxygen atoms in total. The number of nitrogens with two attached hydrogens (primary N) is 1. The predicted octanol–water partition coefficient (Wildman–Crippen LogP) is 1.92. The van der Waals surface area contributed by atoms with Crippen LogP contribution in [0.4, 0.5) is 16.0 Å². The van der Waals surface area contributed by atoms with E-state index in [4.69, 9.17) is 5.73 Å². The van der Waals surface area contributed by atoms with E-state index in [1.165, 1.54) is 12.1 Å². The van der Waals surface area contributed by atoms with Crippen molar-refractivity contribution in [3.05, 3.63) is 35.9 Å². The zero-order chi connectivity index (χ0) is 14.2. The summed E-state index contributed by atoms with van der Waals surface area (Å²) in [5, 5.41) is 8.27. The van der Waals surface area contributed by atoms with Gasteiger partial charge in [0, 0.05) is 19.8 Å². The Labute approximate surface area is 111 Å². The van der Waals surface area contributed by atoms with Gasteiger partial charge in [-0.2, -0.15) is 0 Å². The van der Waals surface area contributed by atoms with Crippen LogP contribution in [0.5, 0.6) is 0 Å². The third-order valence-electron chi connectivity index (χ3n) is 2.94. The molecule has 0 aliphatic rings. The monoisotopic (exact) mass is 263 g/mol. The van der Waals surface area contributed by atoms with Crippen LogP contribution < -0.4 is 10.6 Å². The molecule has 0 saturated carbocycles. The summed E-state index contributed by atoms with van der Waals surface area (Å²) in [5.74, 6) is 1.08. The van der Waals surface area contributed by atoms with Crippen LogP contribution in [0.1, 0.15) is 19.7 Å². The second-order valence-electron chi connectivity index (χ2n) is 5.14. The number of hydrogen-bond donors (Lipinski definition) is 1. The molecule has 2 aromatic rings. The van der Waals surface area contributed by atoms with Gasteiger partial charge in [-0.1, -0.05) is 0 Å². The molecule has 0 bridgehead atoms. The van der Waals surface area contributed by atoms with Gasteiger partial charge in [-0.05, 0) is 38.1 Å². The Hall–Kier alpha value is -1.95. The number of aromatic nitrogens is 3. The molecule has 6 heteroatoms. The van der Waals surface area contributed by atoms with Crippen molar-refractivity contribution < 1.29 is 4.39 Å². The lowest BCUT2D eigenvalue weighted by Gasteiger charge is -2.21. The van der Waals surface area contributed by atoms with E-state index in [2.05, 4.69) is 10.2 Å². The SMILES string of the molecule is CN(c1ccc(F)cc1)c1nnc(C(C)(C)N)n1C. The molecule has 0 aliphatic carbocycles. The van der Waals surface area contributed by atoms with E-state index >= 15 is 0 Å². The molecule has 0 saturated heterocycles. The van der Waals surface area contributed by atoms with Crippen LogP contribution in [0.15, 0.2) is 24.3 Å². The Bertz CT molecular complexity index is 568. The molecule has 0 unspecified atom stereocenters. The van der Waals surface area contributed by atoms with Crippen LogP contribution in [-0.4, -0.2) is 21.8 Å². The van der Waals surface area contributed by atoms with Gasteiger partial charge in [0.05, 0.1) is 5.54 Å². The molecule has 0 amide bonds. The molecule has 102 valence electrons. The van der Waals surface area contributed by atoms with Crippen molar-refractivity contribution in [3.63, 3.8) is 0 Å². The highest BCUT2D eigenvalue weighted by molar-refractivity contribution is 5.56. The summed E-state index contributed by atoms with van der Waals surface area (Å²) in [6.45, 7) is 3.75. The van der Waals surface area contributed by atoms with Crippen molar-refractivity contribution in [3.8, 4) is 0 Å². The van der Waals surface area contributed by atoms with Crippen molar-refractivity contribution in [1.82, 2.24) is 14.8 Å². The van der Waals surface area contributed by atoms with Crippen molar-refractivity contribution >= 4 is 11.6 Å². The van der Waals surface area contributed by atoms with Gasteiger partial charge in [-0.3, -0.25) is 4.57 Å². The maximum Gasteiger partial charge on any atom is 0.231 e. The molecule has 0 aliphatic heterocycles. The first-order valence-electron chi connectivity index (χ1n) is 5.99. The smallest absolute Gasteiger partial charge is 0.231 e. The quantitative estimate of drug-likeness (QED) is 0.919. The summed E-state index contributed by atoms with van der Waals surface area (Å²) in [7, 11) is 3.71. The van der Waals surface area contributed by atoms with Crippen LogP contribution in [0.2, 0.25) is 0 Å². The highest BCUT2D eigenvalue weighted by Gasteiger charge is 2.24. The van der Waals surface area contributed by atoms with Gasteiger partial charge < -0.3 is 10.6 Å². The van der Waals surface area contributed by atoms with E-state index in [-0.39, 0.29) is 5.82 Å². The molecule has 2 N–H and O–H groups in total. The van der Waals surface area contributed by atoms with Crippen LogP contribution >= 0.6 is 0 Å². The van der Waals surface area contributed by atoms with Crippen LogP contribution in [0.25, 0.3) is 0 Å². The lowest BCUT2D eigenvalue weighted by Crippen LogP contribution is -2.32. The molecule has 1 aromatic carbocycles. The zero-order valence-corrected chi connectivity index (χ0v) is 11.6. The van der Waals surface area contributed by atoms with Crippen LogP contribution in [-0.2, 0) is 12.6 Å².